The number of hydrogen-bond acceptors (Lipinski definition) is 5. The maximum Gasteiger partial charge on any atom is 0.274 e. The molecule has 3 heterocycles. The quantitative estimate of drug-likeness (QED) is 0.815. The van der Waals surface area contributed by atoms with Crippen LogP contribution in [0.5, 0.6) is 0 Å². The zero-order valence-electron chi connectivity index (χ0n) is 12.7. The van der Waals surface area contributed by atoms with Gasteiger partial charge in [-0.15, -0.1) is 0 Å². The maximum atomic E-state index is 12.3. The van der Waals surface area contributed by atoms with E-state index >= 15 is 0 Å². The van der Waals surface area contributed by atoms with E-state index in [0.717, 1.165) is 39.3 Å². The van der Waals surface area contributed by atoms with Crippen LogP contribution in [0.15, 0.2) is 18.6 Å². The molecule has 0 N–H and O–H groups in total. The number of carbonyl (C=O) groups excluding carboxylic acids is 1. The summed E-state index contributed by atoms with van der Waals surface area (Å²) >= 11 is 0. The monoisotopic (exact) mass is 290 g/mol. The minimum atomic E-state index is -0.0182. The highest BCUT2D eigenvalue weighted by molar-refractivity contribution is 5.92. The molecule has 2 aliphatic rings. The third-order valence-electron chi connectivity index (χ3n) is 4.61. The van der Waals surface area contributed by atoms with Crippen LogP contribution in [0.4, 0.5) is 0 Å². The molecule has 0 bridgehead atoms. The van der Waals surface area contributed by atoms with Gasteiger partial charge in [0.1, 0.15) is 5.69 Å². The molecule has 6 nitrogen and oxygen atoms in total. The Kier molecular flexibility index (Phi) is 3.91. The number of aromatic nitrogens is 2. The van der Waals surface area contributed by atoms with Crippen LogP contribution in [0, 0.1) is 5.92 Å². The number of carbonyl (C=O) groups is 1. The highest BCUT2D eigenvalue weighted by Gasteiger charge is 2.53. The second-order valence-electron chi connectivity index (χ2n) is 6.09. The summed E-state index contributed by atoms with van der Waals surface area (Å²) in [4.78, 5) is 24.6. The van der Waals surface area contributed by atoms with Crippen molar-refractivity contribution in [3.63, 3.8) is 0 Å². The number of likely N-dealkylation sites (N-methyl/N-ethyl adjacent to an activating group) is 1. The van der Waals surface area contributed by atoms with Crippen LogP contribution < -0.4 is 0 Å². The first-order chi connectivity index (χ1) is 10.1. The first-order valence-corrected chi connectivity index (χ1v) is 7.49. The predicted molar refractivity (Wildman–Crippen MR) is 77.9 cm³/mol. The number of amides is 1. The van der Waals surface area contributed by atoms with Gasteiger partial charge >= 0.3 is 0 Å². The van der Waals surface area contributed by atoms with Gasteiger partial charge in [0.05, 0.1) is 18.3 Å². The highest BCUT2D eigenvalue weighted by Crippen LogP contribution is 2.39. The molecule has 21 heavy (non-hydrogen) atoms. The third kappa shape index (κ3) is 2.65. The molecule has 3 rings (SSSR count). The number of likely N-dealkylation sites (tertiary alicyclic amines) is 2. The summed E-state index contributed by atoms with van der Waals surface area (Å²) in [6.07, 6.45) is 5.78. The molecular formula is C15H22N4O2. The van der Waals surface area contributed by atoms with Gasteiger partial charge in [0, 0.05) is 38.6 Å². The van der Waals surface area contributed by atoms with Crippen LogP contribution in [0.25, 0.3) is 0 Å². The Bertz CT molecular complexity index is 502. The number of nitrogens with zero attached hydrogens (tertiary/aromatic N) is 4. The maximum absolute atomic E-state index is 12.3. The summed E-state index contributed by atoms with van der Waals surface area (Å²) in [5, 5.41) is 0. The van der Waals surface area contributed by atoms with Crippen molar-refractivity contribution in [2.24, 2.45) is 5.92 Å². The van der Waals surface area contributed by atoms with E-state index in [1.807, 2.05) is 11.8 Å². The van der Waals surface area contributed by atoms with Gasteiger partial charge in [-0.3, -0.25) is 14.7 Å². The van der Waals surface area contributed by atoms with Gasteiger partial charge in [-0.2, -0.15) is 0 Å². The molecule has 2 saturated heterocycles. The molecule has 1 amide bonds. The number of rotatable bonds is 4. The van der Waals surface area contributed by atoms with E-state index in [-0.39, 0.29) is 11.4 Å². The normalized spacial score (nSPS) is 24.3. The molecular weight excluding hydrogens is 268 g/mol. The average molecular weight is 290 g/mol. The minimum absolute atomic E-state index is 0.0182. The zero-order chi connectivity index (χ0) is 14.9. The molecule has 2 aliphatic heterocycles. The van der Waals surface area contributed by atoms with E-state index in [0.29, 0.717) is 11.6 Å². The van der Waals surface area contributed by atoms with Crippen LogP contribution in [0.3, 0.4) is 0 Å². The Morgan fingerprint density at radius 3 is 2.95 bits per heavy atom. The third-order valence-corrected chi connectivity index (χ3v) is 4.61. The predicted octanol–water partition coefficient (Wildman–Crippen LogP) is 0.659. The summed E-state index contributed by atoms with van der Waals surface area (Å²) in [5.74, 6) is 0.555. The largest absolute Gasteiger partial charge is 0.381 e. The van der Waals surface area contributed by atoms with Crippen molar-refractivity contribution in [2.75, 3.05) is 39.9 Å². The first kappa shape index (κ1) is 14.4. The molecule has 0 saturated carbocycles. The van der Waals surface area contributed by atoms with E-state index in [1.54, 1.807) is 12.4 Å². The van der Waals surface area contributed by atoms with Crippen molar-refractivity contribution < 1.29 is 9.53 Å². The van der Waals surface area contributed by atoms with E-state index in [2.05, 4.69) is 21.9 Å². The molecule has 1 atom stereocenters. The van der Waals surface area contributed by atoms with Crippen molar-refractivity contribution in [1.29, 1.82) is 0 Å². The second-order valence-corrected chi connectivity index (χ2v) is 6.09. The summed E-state index contributed by atoms with van der Waals surface area (Å²) in [6, 6.07) is 0. The van der Waals surface area contributed by atoms with Crippen molar-refractivity contribution in [3.05, 3.63) is 24.3 Å². The molecule has 114 valence electrons. The lowest BCUT2D eigenvalue weighted by Crippen LogP contribution is -2.68. The van der Waals surface area contributed by atoms with Crippen LogP contribution >= 0.6 is 0 Å². The van der Waals surface area contributed by atoms with Gasteiger partial charge in [0.25, 0.3) is 5.91 Å². The van der Waals surface area contributed by atoms with Gasteiger partial charge in [0.15, 0.2) is 0 Å². The van der Waals surface area contributed by atoms with Gasteiger partial charge in [-0.1, -0.05) is 0 Å². The van der Waals surface area contributed by atoms with E-state index < -0.39 is 0 Å². The fraction of sp³-hybridized carbons (Fsp3) is 0.667. The summed E-state index contributed by atoms with van der Waals surface area (Å²) in [6.45, 7) is 6.22. The summed E-state index contributed by atoms with van der Waals surface area (Å²) in [5.41, 5.74) is 0.568. The lowest BCUT2D eigenvalue weighted by molar-refractivity contribution is -0.00833. The van der Waals surface area contributed by atoms with E-state index in [4.69, 9.17) is 4.74 Å². The number of ether oxygens (including phenoxy) is 1. The van der Waals surface area contributed by atoms with Crippen LogP contribution in [-0.4, -0.2) is 71.1 Å². The minimum Gasteiger partial charge on any atom is -0.381 e. The first-order valence-electron chi connectivity index (χ1n) is 7.49. The Balaban J connectivity index is 1.58. The molecule has 1 aromatic rings. The van der Waals surface area contributed by atoms with Crippen LogP contribution in [0.2, 0.25) is 0 Å². The van der Waals surface area contributed by atoms with Crippen molar-refractivity contribution in [2.45, 2.75) is 18.9 Å². The Labute approximate surface area is 125 Å². The SMILES string of the molecule is CCOC[C@H]1CN(C)C2(C1)CN(C(=O)c1cnccn1)C2. The number of hydrogen-bond donors (Lipinski definition) is 0. The molecule has 1 aromatic heterocycles. The zero-order valence-corrected chi connectivity index (χ0v) is 12.7. The standard InChI is InChI=1S/C15H22N4O2/c1-3-21-9-12-6-15(18(2)8-12)10-19(11-15)14(20)13-7-16-4-5-17-13/h4-5,7,12H,3,6,8-11H2,1-2H3/t12-/m1/s1. The van der Waals surface area contributed by atoms with E-state index in [1.165, 1.54) is 6.20 Å². The Hall–Kier alpha value is -1.53. The molecule has 2 fully saturated rings. The molecule has 0 radical (unpaired) electrons. The van der Waals surface area contributed by atoms with Crippen LogP contribution in [0.1, 0.15) is 23.8 Å². The smallest absolute Gasteiger partial charge is 0.274 e. The van der Waals surface area contributed by atoms with Gasteiger partial charge < -0.3 is 9.64 Å². The Morgan fingerprint density at radius 2 is 2.29 bits per heavy atom. The Morgan fingerprint density at radius 1 is 1.48 bits per heavy atom. The topological polar surface area (TPSA) is 58.6 Å². The fourth-order valence-electron chi connectivity index (χ4n) is 3.48. The fourth-order valence-corrected chi connectivity index (χ4v) is 3.48. The van der Waals surface area contributed by atoms with Crippen molar-refractivity contribution in [3.8, 4) is 0 Å². The second kappa shape index (κ2) is 5.69. The van der Waals surface area contributed by atoms with Crippen LogP contribution in [-0.2, 0) is 4.74 Å². The van der Waals surface area contributed by atoms with Crippen molar-refractivity contribution >= 4 is 5.91 Å². The highest BCUT2D eigenvalue weighted by atomic mass is 16.5. The molecule has 0 aliphatic carbocycles. The summed E-state index contributed by atoms with van der Waals surface area (Å²) in [7, 11) is 2.15. The molecule has 1 spiro atoms. The lowest BCUT2D eigenvalue weighted by Gasteiger charge is -2.51. The van der Waals surface area contributed by atoms with Crippen molar-refractivity contribution in [1.82, 2.24) is 19.8 Å². The van der Waals surface area contributed by atoms with Gasteiger partial charge in [-0.25, -0.2) is 4.98 Å². The van der Waals surface area contributed by atoms with Gasteiger partial charge in [-0.05, 0) is 26.3 Å². The molecule has 6 heteroatoms. The van der Waals surface area contributed by atoms with E-state index in [9.17, 15) is 4.79 Å². The van der Waals surface area contributed by atoms with Gasteiger partial charge in [0.2, 0.25) is 0 Å². The lowest BCUT2D eigenvalue weighted by atomic mass is 9.84. The summed E-state index contributed by atoms with van der Waals surface area (Å²) < 4.78 is 5.55. The average Bonchev–Trinajstić information content (AvgIpc) is 2.80. The molecule has 0 aromatic carbocycles. The molecule has 0 unspecified atom stereocenters.